The Morgan fingerprint density at radius 2 is 1.55 bits per heavy atom. The van der Waals surface area contributed by atoms with Gasteiger partial charge in [-0.2, -0.15) is 0 Å². The van der Waals surface area contributed by atoms with Crippen molar-refractivity contribution >= 4 is 33.7 Å². The van der Waals surface area contributed by atoms with Crippen LogP contribution in [0.4, 0.5) is 4.79 Å². The van der Waals surface area contributed by atoms with Crippen LogP contribution < -0.4 is 10.0 Å². The first-order valence-corrected chi connectivity index (χ1v) is 16.5. The van der Waals surface area contributed by atoms with Crippen molar-refractivity contribution in [1.82, 2.24) is 10.0 Å². The number of amides is 1. The van der Waals surface area contributed by atoms with Crippen LogP contribution in [0.2, 0.25) is 5.02 Å². The Bertz CT molecular complexity index is 1520. The van der Waals surface area contributed by atoms with Crippen molar-refractivity contribution in [3.05, 3.63) is 112 Å². The monoisotopic (exact) mass is 640 g/mol. The van der Waals surface area contributed by atoms with Crippen molar-refractivity contribution in [1.29, 1.82) is 0 Å². The first-order chi connectivity index (χ1) is 21.0. The summed E-state index contributed by atoms with van der Waals surface area (Å²) in [7, 11) is -3.86. The second-order valence-electron chi connectivity index (χ2n) is 10.8. The van der Waals surface area contributed by atoms with Gasteiger partial charge in [0.2, 0.25) is 10.0 Å². The molecule has 0 aromatic heterocycles. The maximum atomic E-state index is 13.5. The van der Waals surface area contributed by atoms with E-state index >= 15 is 0 Å². The third kappa shape index (κ3) is 11.1. The topological polar surface area (TPSA) is 111 Å². The van der Waals surface area contributed by atoms with Crippen molar-refractivity contribution in [2.24, 2.45) is 5.92 Å². The average Bonchev–Trinajstić information content (AvgIpc) is 2.97. The molecule has 236 valence electrons. The number of hydrogen-bond donors (Lipinski definition) is 2. The number of carbonyl (C=O) groups is 2. The molecule has 0 radical (unpaired) electrons. The molecule has 0 unspecified atom stereocenters. The Labute approximate surface area is 265 Å². The molecule has 2 N–H and O–H groups in total. The molecule has 3 aromatic carbocycles. The molecule has 1 amide bonds. The number of unbranched alkanes of at least 4 members (excludes halogenated alkanes) is 1. The maximum absolute atomic E-state index is 13.5. The van der Waals surface area contributed by atoms with E-state index in [-0.39, 0.29) is 18.1 Å². The van der Waals surface area contributed by atoms with E-state index in [4.69, 9.17) is 21.1 Å². The standard InChI is InChI=1S/C34H41ClN2O6S/c1-24-20-26(3)32(27(4)21-24)44(40,41)37-30(18-17-25(2)33(38)42-22-28-12-6-5-7-13-28)15-10-11-19-36-34(39)43-23-29-14-8-9-16-31(29)35/h5-9,12-14,16-18,20-21,25,30,37H,10-11,15,19,22-23H2,1-4H3,(H,36,39)/b18-17+/t25-,30-/m0/s1. The summed E-state index contributed by atoms with van der Waals surface area (Å²) in [6.45, 7) is 7.76. The molecule has 0 heterocycles. The van der Waals surface area contributed by atoms with Crippen LogP contribution in [-0.4, -0.2) is 33.1 Å². The van der Waals surface area contributed by atoms with Crippen molar-refractivity contribution in [3.63, 3.8) is 0 Å². The highest BCUT2D eigenvalue weighted by Gasteiger charge is 2.23. The van der Waals surface area contributed by atoms with Gasteiger partial charge in [0.25, 0.3) is 0 Å². The lowest BCUT2D eigenvalue weighted by molar-refractivity contribution is -0.147. The molecule has 3 rings (SSSR count). The summed E-state index contributed by atoms with van der Waals surface area (Å²) in [5.74, 6) is -0.987. The number of esters is 1. The third-order valence-electron chi connectivity index (χ3n) is 6.94. The molecule has 0 bridgehead atoms. The predicted octanol–water partition coefficient (Wildman–Crippen LogP) is 6.94. The van der Waals surface area contributed by atoms with Crippen LogP contribution >= 0.6 is 11.6 Å². The maximum Gasteiger partial charge on any atom is 0.407 e. The average molecular weight is 641 g/mol. The van der Waals surface area contributed by atoms with E-state index in [0.717, 1.165) is 11.1 Å². The number of ether oxygens (including phenoxy) is 2. The van der Waals surface area contributed by atoms with Gasteiger partial charge in [-0.1, -0.05) is 90.0 Å². The molecule has 0 aliphatic rings. The minimum absolute atomic E-state index is 0.0595. The molecular formula is C34H41ClN2O6S. The Kier molecular flexibility index (Phi) is 13.4. The summed E-state index contributed by atoms with van der Waals surface area (Å²) in [5, 5.41) is 3.24. The number of carbonyl (C=O) groups excluding carboxylic acids is 2. The molecule has 0 saturated carbocycles. The Morgan fingerprint density at radius 3 is 2.23 bits per heavy atom. The quantitative estimate of drug-likeness (QED) is 0.106. The summed E-state index contributed by atoms with van der Waals surface area (Å²) in [4.78, 5) is 25.0. The van der Waals surface area contributed by atoms with Crippen molar-refractivity contribution in [3.8, 4) is 0 Å². The SMILES string of the molecule is Cc1cc(C)c(S(=O)(=O)N[C@H](/C=C/[C@H](C)C(=O)OCc2ccccc2)CCCCNC(=O)OCc2ccccc2Cl)c(C)c1. The van der Waals surface area contributed by atoms with Gasteiger partial charge in [0, 0.05) is 23.2 Å². The van der Waals surface area contributed by atoms with Gasteiger partial charge in [-0.15, -0.1) is 0 Å². The number of sulfonamides is 1. The van der Waals surface area contributed by atoms with Crippen LogP contribution in [0.3, 0.4) is 0 Å². The van der Waals surface area contributed by atoms with Gasteiger partial charge < -0.3 is 14.8 Å². The van der Waals surface area contributed by atoms with Crippen LogP contribution in [0.15, 0.2) is 83.8 Å². The second kappa shape index (κ2) is 17.0. The van der Waals surface area contributed by atoms with Crippen LogP contribution in [-0.2, 0) is 37.5 Å². The van der Waals surface area contributed by atoms with Crippen molar-refractivity contribution in [2.45, 2.75) is 71.1 Å². The smallest absolute Gasteiger partial charge is 0.407 e. The highest BCUT2D eigenvalue weighted by Crippen LogP contribution is 2.23. The molecule has 0 spiro atoms. The van der Waals surface area contributed by atoms with Crippen LogP contribution in [0.5, 0.6) is 0 Å². The Balaban J connectivity index is 1.59. The van der Waals surface area contributed by atoms with Gasteiger partial charge >= 0.3 is 12.1 Å². The van der Waals surface area contributed by atoms with E-state index in [9.17, 15) is 18.0 Å². The molecule has 0 saturated heterocycles. The van der Waals surface area contributed by atoms with Gasteiger partial charge in [-0.25, -0.2) is 17.9 Å². The van der Waals surface area contributed by atoms with E-state index < -0.39 is 34.0 Å². The number of alkyl carbamates (subject to hydrolysis) is 1. The Morgan fingerprint density at radius 1 is 0.886 bits per heavy atom. The summed E-state index contributed by atoms with van der Waals surface area (Å²) >= 11 is 6.10. The van der Waals surface area contributed by atoms with Gasteiger partial charge in [-0.3, -0.25) is 4.79 Å². The van der Waals surface area contributed by atoms with E-state index in [1.54, 1.807) is 51.1 Å². The van der Waals surface area contributed by atoms with Gasteiger partial charge in [0.15, 0.2) is 0 Å². The minimum Gasteiger partial charge on any atom is -0.460 e. The third-order valence-corrected chi connectivity index (χ3v) is 9.10. The molecule has 44 heavy (non-hydrogen) atoms. The zero-order valence-electron chi connectivity index (χ0n) is 25.6. The lowest BCUT2D eigenvalue weighted by Gasteiger charge is -2.19. The first-order valence-electron chi connectivity index (χ1n) is 14.6. The number of benzene rings is 3. The molecule has 0 fully saturated rings. The highest BCUT2D eigenvalue weighted by atomic mass is 35.5. The molecule has 10 heteroatoms. The van der Waals surface area contributed by atoms with Gasteiger partial charge in [-0.05, 0) is 69.7 Å². The van der Waals surface area contributed by atoms with Gasteiger partial charge in [0.05, 0.1) is 10.8 Å². The number of nitrogens with one attached hydrogen (secondary N) is 2. The van der Waals surface area contributed by atoms with E-state index in [1.807, 2.05) is 55.5 Å². The van der Waals surface area contributed by atoms with Crippen molar-refractivity contribution < 1.29 is 27.5 Å². The molecule has 2 atom stereocenters. The molecular weight excluding hydrogens is 600 g/mol. The number of halogens is 1. The van der Waals surface area contributed by atoms with E-state index in [1.165, 1.54) is 0 Å². The highest BCUT2D eigenvalue weighted by molar-refractivity contribution is 7.89. The number of rotatable bonds is 15. The lowest BCUT2D eigenvalue weighted by atomic mass is 10.1. The number of hydrogen-bond acceptors (Lipinski definition) is 6. The second-order valence-corrected chi connectivity index (χ2v) is 12.9. The zero-order valence-corrected chi connectivity index (χ0v) is 27.2. The fourth-order valence-corrected chi connectivity index (χ4v) is 6.64. The van der Waals surface area contributed by atoms with Crippen LogP contribution in [0.25, 0.3) is 0 Å². The molecule has 3 aromatic rings. The fraction of sp³-hybridized carbons (Fsp3) is 0.353. The van der Waals surface area contributed by atoms with E-state index in [2.05, 4.69) is 10.0 Å². The minimum atomic E-state index is -3.86. The molecule has 0 aliphatic carbocycles. The fourth-order valence-electron chi connectivity index (χ4n) is 4.77. The summed E-state index contributed by atoms with van der Waals surface area (Å²) in [6, 6.07) is 19.6. The van der Waals surface area contributed by atoms with Gasteiger partial charge in [0.1, 0.15) is 13.2 Å². The lowest BCUT2D eigenvalue weighted by Crippen LogP contribution is -2.35. The number of aryl methyl sites for hydroxylation is 3. The largest absolute Gasteiger partial charge is 0.460 e. The Hall–Kier alpha value is -3.66. The van der Waals surface area contributed by atoms with Crippen molar-refractivity contribution in [2.75, 3.05) is 6.54 Å². The van der Waals surface area contributed by atoms with Crippen LogP contribution in [0, 0.1) is 26.7 Å². The predicted molar refractivity (Wildman–Crippen MR) is 173 cm³/mol. The molecule has 0 aliphatic heterocycles. The summed E-state index contributed by atoms with van der Waals surface area (Å²) < 4.78 is 40.5. The van der Waals surface area contributed by atoms with Crippen LogP contribution in [0.1, 0.15) is 54.0 Å². The van der Waals surface area contributed by atoms with E-state index in [0.29, 0.717) is 47.5 Å². The normalized spacial score (nSPS) is 12.9. The summed E-state index contributed by atoms with van der Waals surface area (Å²) in [6.07, 6.45) is 4.44. The molecule has 8 nitrogen and oxygen atoms in total. The zero-order chi connectivity index (χ0) is 32.1. The first kappa shape index (κ1) is 34.8. The summed E-state index contributed by atoms with van der Waals surface area (Å²) in [5.41, 5.74) is 3.90.